The number of para-hydroxylation sites is 2. The summed E-state index contributed by atoms with van der Waals surface area (Å²) in [7, 11) is 0. The predicted octanol–water partition coefficient (Wildman–Crippen LogP) is 4.16. The lowest BCUT2D eigenvalue weighted by Crippen LogP contribution is -2.30. The first-order valence-electron chi connectivity index (χ1n) is 9.19. The Morgan fingerprint density at radius 1 is 1.03 bits per heavy atom. The van der Waals surface area contributed by atoms with Crippen LogP contribution in [-0.2, 0) is 11.3 Å². The Morgan fingerprint density at radius 3 is 2.62 bits per heavy atom. The molecule has 0 aliphatic rings. The Kier molecular flexibility index (Phi) is 5.07. The van der Waals surface area contributed by atoms with Gasteiger partial charge in [-0.3, -0.25) is 9.59 Å². The van der Waals surface area contributed by atoms with E-state index in [1.807, 2.05) is 54.6 Å². The number of Topliss-reactive ketones (excluding diaryl/α,β-unsaturated/α-hetero) is 1. The lowest BCUT2D eigenvalue weighted by molar-refractivity contribution is -0.117. The Labute approximate surface area is 167 Å². The fourth-order valence-electron chi connectivity index (χ4n) is 3.17. The number of nitrogens with zero attached hydrogens (tertiary/aromatic N) is 1. The van der Waals surface area contributed by atoms with Crippen LogP contribution in [0, 0.1) is 6.92 Å². The van der Waals surface area contributed by atoms with Crippen molar-refractivity contribution in [1.29, 1.82) is 0 Å². The third-order valence-electron chi connectivity index (χ3n) is 4.54. The Bertz CT molecular complexity index is 1180. The second kappa shape index (κ2) is 7.98. The molecule has 6 nitrogen and oxygen atoms in total. The van der Waals surface area contributed by atoms with Gasteiger partial charge in [0.05, 0.1) is 5.56 Å². The predicted molar refractivity (Wildman–Crippen MR) is 110 cm³/mol. The van der Waals surface area contributed by atoms with Crippen LogP contribution in [0.5, 0.6) is 11.6 Å². The maximum Gasteiger partial charge on any atom is 0.292 e. The standard InChI is InChI=1S/C23H19N3O3/c1-15-21(18-9-5-6-10-19(18)26-15)22(27)23(28)25-14-16-11-12-24-20(13-16)29-17-7-3-2-4-8-17/h2-13,26H,14H2,1H3,(H,25,28). The minimum Gasteiger partial charge on any atom is -0.439 e. The number of carbonyl (C=O) groups excluding carboxylic acids is 2. The Hall–Kier alpha value is -3.93. The average Bonchev–Trinajstić information content (AvgIpc) is 3.08. The van der Waals surface area contributed by atoms with Gasteiger partial charge >= 0.3 is 0 Å². The highest BCUT2D eigenvalue weighted by Crippen LogP contribution is 2.22. The van der Waals surface area contributed by atoms with Crippen LogP contribution >= 0.6 is 0 Å². The number of pyridine rings is 1. The van der Waals surface area contributed by atoms with Crippen molar-refractivity contribution >= 4 is 22.6 Å². The molecular formula is C23H19N3O3. The van der Waals surface area contributed by atoms with Crippen molar-refractivity contribution in [2.45, 2.75) is 13.5 Å². The lowest BCUT2D eigenvalue weighted by Gasteiger charge is -2.08. The third kappa shape index (κ3) is 4.01. The van der Waals surface area contributed by atoms with Gasteiger partial charge in [0.1, 0.15) is 5.75 Å². The zero-order valence-electron chi connectivity index (χ0n) is 15.8. The molecule has 0 bridgehead atoms. The summed E-state index contributed by atoms with van der Waals surface area (Å²) in [6.45, 7) is 1.98. The van der Waals surface area contributed by atoms with Gasteiger partial charge in [-0.1, -0.05) is 36.4 Å². The van der Waals surface area contributed by atoms with Gasteiger partial charge in [0.25, 0.3) is 11.7 Å². The number of aryl methyl sites for hydroxylation is 1. The summed E-state index contributed by atoms with van der Waals surface area (Å²) in [5.74, 6) is -0.122. The number of amides is 1. The zero-order valence-corrected chi connectivity index (χ0v) is 15.8. The fourth-order valence-corrected chi connectivity index (χ4v) is 3.17. The average molecular weight is 385 g/mol. The molecule has 0 saturated heterocycles. The summed E-state index contributed by atoms with van der Waals surface area (Å²) in [6.07, 6.45) is 1.60. The number of hydrogen-bond donors (Lipinski definition) is 2. The molecule has 29 heavy (non-hydrogen) atoms. The smallest absolute Gasteiger partial charge is 0.292 e. The Balaban J connectivity index is 1.45. The molecule has 144 valence electrons. The molecule has 2 heterocycles. The van der Waals surface area contributed by atoms with Crippen LogP contribution < -0.4 is 10.1 Å². The molecule has 1 amide bonds. The molecule has 2 N–H and O–H groups in total. The monoisotopic (exact) mass is 385 g/mol. The second-order valence-electron chi connectivity index (χ2n) is 6.60. The van der Waals surface area contributed by atoms with E-state index in [-0.39, 0.29) is 6.54 Å². The van der Waals surface area contributed by atoms with Gasteiger partial charge in [0, 0.05) is 35.4 Å². The van der Waals surface area contributed by atoms with Crippen LogP contribution in [-0.4, -0.2) is 21.7 Å². The van der Waals surface area contributed by atoms with Crippen molar-refractivity contribution in [2.75, 3.05) is 0 Å². The maximum absolute atomic E-state index is 12.7. The number of nitrogens with one attached hydrogen (secondary N) is 2. The van der Waals surface area contributed by atoms with Crippen molar-refractivity contribution in [3.8, 4) is 11.6 Å². The Morgan fingerprint density at radius 2 is 1.79 bits per heavy atom. The molecule has 0 aliphatic heterocycles. The molecule has 0 spiro atoms. The van der Waals surface area contributed by atoms with Gasteiger partial charge < -0.3 is 15.0 Å². The highest BCUT2D eigenvalue weighted by atomic mass is 16.5. The van der Waals surface area contributed by atoms with Crippen molar-refractivity contribution in [3.05, 3.63) is 89.7 Å². The number of ketones is 1. The molecule has 2 aromatic carbocycles. The highest BCUT2D eigenvalue weighted by Gasteiger charge is 2.22. The number of aromatic nitrogens is 2. The first-order valence-corrected chi connectivity index (χ1v) is 9.19. The number of carbonyl (C=O) groups is 2. The van der Waals surface area contributed by atoms with E-state index in [0.29, 0.717) is 22.9 Å². The van der Waals surface area contributed by atoms with Crippen molar-refractivity contribution in [3.63, 3.8) is 0 Å². The summed E-state index contributed by atoms with van der Waals surface area (Å²) >= 11 is 0. The minimum atomic E-state index is -0.653. The molecule has 0 atom stereocenters. The summed E-state index contributed by atoms with van der Waals surface area (Å²) < 4.78 is 5.70. The van der Waals surface area contributed by atoms with E-state index in [4.69, 9.17) is 4.74 Å². The van der Waals surface area contributed by atoms with Crippen molar-refractivity contribution in [1.82, 2.24) is 15.3 Å². The van der Waals surface area contributed by atoms with E-state index in [1.54, 1.807) is 25.3 Å². The number of aromatic amines is 1. The van der Waals surface area contributed by atoms with Gasteiger partial charge in [0.2, 0.25) is 5.88 Å². The number of hydrogen-bond acceptors (Lipinski definition) is 4. The molecular weight excluding hydrogens is 366 g/mol. The van der Waals surface area contributed by atoms with E-state index in [1.165, 1.54) is 0 Å². The van der Waals surface area contributed by atoms with E-state index < -0.39 is 11.7 Å². The van der Waals surface area contributed by atoms with Gasteiger partial charge in [-0.25, -0.2) is 4.98 Å². The third-order valence-corrected chi connectivity index (χ3v) is 4.54. The normalized spacial score (nSPS) is 10.7. The number of benzene rings is 2. The van der Waals surface area contributed by atoms with E-state index in [0.717, 1.165) is 16.5 Å². The van der Waals surface area contributed by atoms with Gasteiger partial charge in [-0.15, -0.1) is 0 Å². The first kappa shape index (κ1) is 18.4. The van der Waals surface area contributed by atoms with Gasteiger partial charge in [-0.05, 0) is 36.8 Å². The molecule has 4 rings (SSSR count). The number of H-pyrrole nitrogens is 1. The molecule has 6 heteroatoms. The van der Waals surface area contributed by atoms with Crippen LogP contribution in [0.1, 0.15) is 21.6 Å². The van der Waals surface area contributed by atoms with Crippen LogP contribution in [0.2, 0.25) is 0 Å². The number of rotatable bonds is 6. The fraction of sp³-hybridized carbons (Fsp3) is 0.0870. The largest absolute Gasteiger partial charge is 0.439 e. The number of fused-ring (bicyclic) bond motifs is 1. The second-order valence-corrected chi connectivity index (χ2v) is 6.60. The topological polar surface area (TPSA) is 84.1 Å². The van der Waals surface area contributed by atoms with Gasteiger partial charge in [-0.2, -0.15) is 0 Å². The summed E-state index contributed by atoms with van der Waals surface area (Å²) in [5, 5.41) is 3.43. The summed E-state index contributed by atoms with van der Waals surface area (Å²) in [4.78, 5) is 32.5. The molecule has 4 aromatic rings. The SMILES string of the molecule is Cc1[nH]c2ccccc2c1C(=O)C(=O)NCc1ccnc(Oc2ccccc2)c1. The molecule has 0 fully saturated rings. The maximum atomic E-state index is 12.7. The van der Waals surface area contributed by atoms with E-state index in [2.05, 4.69) is 15.3 Å². The van der Waals surface area contributed by atoms with Crippen LogP contribution in [0.4, 0.5) is 0 Å². The minimum absolute atomic E-state index is 0.194. The molecule has 0 aliphatic carbocycles. The van der Waals surface area contributed by atoms with Crippen molar-refractivity contribution in [2.24, 2.45) is 0 Å². The molecule has 0 unspecified atom stereocenters. The lowest BCUT2D eigenvalue weighted by atomic mass is 10.1. The van der Waals surface area contributed by atoms with E-state index >= 15 is 0 Å². The molecule has 0 radical (unpaired) electrons. The van der Waals surface area contributed by atoms with E-state index in [9.17, 15) is 9.59 Å². The van der Waals surface area contributed by atoms with Gasteiger partial charge in [0.15, 0.2) is 0 Å². The quantitative estimate of drug-likeness (QED) is 0.386. The molecule has 2 aromatic heterocycles. The summed E-state index contributed by atoms with van der Waals surface area (Å²) in [5.41, 5.74) is 2.69. The zero-order chi connectivity index (χ0) is 20.2. The van der Waals surface area contributed by atoms with Crippen LogP contribution in [0.15, 0.2) is 72.9 Å². The first-order chi connectivity index (χ1) is 14.1. The highest BCUT2D eigenvalue weighted by molar-refractivity contribution is 6.45. The van der Waals surface area contributed by atoms with Crippen molar-refractivity contribution < 1.29 is 14.3 Å². The summed E-state index contributed by atoms with van der Waals surface area (Å²) in [6, 6.07) is 20.2. The number of ether oxygens (including phenoxy) is 1. The van der Waals surface area contributed by atoms with Crippen LogP contribution in [0.3, 0.4) is 0 Å². The van der Waals surface area contributed by atoms with Crippen LogP contribution in [0.25, 0.3) is 10.9 Å². The molecule has 0 saturated carbocycles.